The van der Waals surface area contributed by atoms with Crippen LogP contribution in [0.4, 0.5) is 5.69 Å². The van der Waals surface area contributed by atoms with Crippen LogP contribution in [0.5, 0.6) is 0 Å². The zero-order chi connectivity index (χ0) is 19.4. The minimum absolute atomic E-state index is 0.539. The largest absolute Gasteiger partial charge is 0.472 e. The van der Waals surface area contributed by atoms with Crippen LogP contribution in [0.3, 0.4) is 0 Å². The van der Waals surface area contributed by atoms with Crippen molar-refractivity contribution in [1.29, 1.82) is 0 Å². The molecule has 1 aromatic carbocycles. The molecule has 0 spiro atoms. The number of anilines is 1. The Morgan fingerprint density at radius 1 is 1.00 bits per heavy atom. The first-order valence-electron chi connectivity index (χ1n) is 11.0. The third-order valence-electron chi connectivity index (χ3n) is 7.16. The molecule has 1 saturated heterocycles. The Hall–Kier alpha value is -2.00. The Balaban J connectivity index is 1.45. The van der Waals surface area contributed by atoms with Gasteiger partial charge in [0.1, 0.15) is 0 Å². The average molecular weight is 379 g/mol. The maximum atomic E-state index is 5.22. The molecule has 0 radical (unpaired) electrons. The lowest BCUT2D eigenvalue weighted by molar-refractivity contribution is 0.238. The fourth-order valence-corrected chi connectivity index (χ4v) is 4.89. The lowest BCUT2D eigenvalue weighted by Crippen LogP contribution is -2.46. The van der Waals surface area contributed by atoms with E-state index in [-0.39, 0.29) is 0 Å². The summed E-state index contributed by atoms with van der Waals surface area (Å²) in [6, 6.07) is 11.1. The van der Waals surface area contributed by atoms with Gasteiger partial charge in [0.05, 0.1) is 12.5 Å². The first-order chi connectivity index (χ1) is 13.7. The van der Waals surface area contributed by atoms with Crippen molar-refractivity contribution >= 4 is 11.3 Å². The fourth-order valence-electron chi connectivity index (χ4n) is 4.89. The Morgan fingerprint density at radius 3 is 2.43 bits per heavy atom. The molecule has 0 N–H and O–H groups in total. The maximum absolute atomic E-state index is 5.22. The zero-order valence-corrected chi connectivity index (χ0v) is 17.5. The molecule has 3 nitrogen and oxygen atoms in total. The molecule has 1 aliphatic heterocycles. The van der Waals surface area contributed by atoms with Crippen LogP contribution in [-0.4, -0.2) is 31.1 Å². The highest BCUT2D eigenvalue weighted by atomic mass is 16.3. The number of rotatable bonds is 6. The van der Waals surface area contributed by atoms with Gasteiger partial charge in [-0.15, -0.1) is 0 Å². The molecule has 150 valence electrons. The first kappa shape index (κ1) is 19.3. The quantitative estimate of drug-likeness (QED) is 0.617. The third kappa shape index (κ3) is 4.05. The van der Waals surface area contributed by atoms with Crippen LogP contribution in [0.1, 0.15) is 57.1 Å². The zero-order valence-electron chi connectivity index (χ0n) is 17.5. The summed E-state index contributed by atoms with van der Waals surface area (Å²) < 4.78 is 5.22. The SMILES string of the molecule is CCC1(CC)CC=C(c2ccccc2N2CCN(Cc3ccoc3)CC2)CC1. The summed E-state index contributed by atoms with van der Waals surface area (Å²) >= 11 is 0. The van der Waals surface area contributed by atoms with Crippen molar-refractivity contribution in [3.05, 3.63) is 60.1 Å². The Kier molecular flexibility index (Phi) is 5.91. The topological polar surface area (TPSA) is 19.6 Å². The second-order valence-corrected chi connectivity index (χ2v) is 8.55. The van der Waals surface area contributed by atoms with E-state index in [1.54, 1.807) is 11.8 Å². The van der Waals surface area contributed by atoms with Crippen molar-refractivity contribution < 1.29 is 4.42 Å². The molecule has 0 bridgehead atoms. The number of nitrogens with zero attached hydrogens (tertiary/aromatic N) is 2. The smallest absolute Gasteiger partial charge is 0.0947 e. The first-order valence-corrected chi connectivity index (χ1v) is 11.0. The van der Waals surface area contributed by atoms with Crippen LogP contribution in [0, 0.1) is 5.41 Å². The summed E-state index contributed by atoms with van der Waals surface area (Å²) in [5.74, 6) is 0. The van der Waals surface area contributed by atoms with Gasteiger partial charge in [-0.3, -0.25) is 4.90 Å². The van der Waals surface area contributed by atoms with Crippen molar-refractivity contribution in [2.45, 2.75) is 52.5 Å². The van der Waals surface area contributed by atoms with E-state index < -0.39 is 0 Å². The highest BCUT2D eigenvalue weighted by Gasteiger charge is 2.29. The van der Waals surface area contributed by atoms with E-state index in [1.165, 1.54) is 48.9 Å². The number of piperazine rings is 1. The molecule has 1 aliphatic carbocycles. The standard InChI is InChI=1S/C25H34N2O/c1-3-25(4-2)12-9-22(10-13-25)23-7-5-6-8-24(23)27-16-14-26(15-17-27)19-21-11-18-28-20-21/h5-9,11,18,20H,3-4,10,12-17,19H2,1-2H3. The molecule has 0 saturated carbocycles. The van der Waals surface area contributed by atoms with Gasteiger partial charge in [-0.25, -0.2) is 0 Å². The van der Waals surface area contributed by atoms with E-state index >= 15 is 0 Å². The third-order valence-corrected chi connectivity index (χ3v) is 7.16. The highest BCUT2D eigenvalue weighted by Crippen LogP contribution is 2.44. The van der Waals surface area contributed by atoms with Gasteiger partial charge in [-0.05, 0) is 42.4 Å². The lowest BCUT2D eigenvalue weighted by atomic mass is 9.70. The second-order valence-electron chi connectivity index (χ2n) is 8.55. The minimum atomic E-state index is 0.539. The number of benzene rings is 1. The van der Waals surface area contributed by atoms with Crippen LogP contribution in [0.15, 0.2) is 53.4 Å². The predicted molar refractivity (Wildman–Crippen MR) is 117 cm³/mol. The van der Waals surface area contributed by atoms with E-state index in [9.17, 15) is 0 Å². The van der Waals surface area contributed by atoms with Gasteiger partial charge in [-0.2, -0.15) is 0 Å². The molecule has 4 rings (SSSR count). The highest BCUT2D eigenvalue weighted by molar-refractivity contribution is 5.77. The Morgan fingerprint density at radius 2 is 1.79 bits per heavy atom. The molecular formula is C25H34N2O. The van der Waals surface area contributed by atoms with E-state index in [0.717, 1.165) is 32.7 Å². The van der Waals surface area contributed by atoms with Crippen molar-refractivity contribution in [3.8, 4) is 0 Å². The van der Waals surface area contributed by atoms with Gasteiger partial charge < -0.3 is 9.32 Å². The van der Waals surface area contributed by atoms with Gasteiger partial charge >= 0.3 is 0 Å². The molecule has 0 unspecified atom stereocenters. The van der Waals surface area contributed by atoms with E-state index in [1.807, 2.05) is 6.26 Å². The molecule has 3 heteroatoms. The van der Waals surface area contributed by atoms with Gasteiger partial charge in [0.2, 0.25) is 0 Å². The maximum Gasteiger partial charge on any atom is 0.0947 e. The molecule has 1 aromatic heterocycles. The average Bonchev–Trinajstić information content (AvgIpc) is 3.27. The number of hydrogen-bond acceptors (Lipinski definition) is 3. The molecule has 0 atom stereocenters. The molecule has 2 aliphatic rings. The fraction of sp³-hybridized carbons (Fsp3) is 0.520. The predicted octanol–water partition coefficient (Wildman–Crippen LogP) is 5.98. The van der Waals surface area contributed by atoms with Crippen LogP contribution in [-0.2, 0) is 6.54 Å². The van der Waals surface area contributed by atoms with Crippen LogP contribution in [0.2, 0.25) is 0 Å². The summed E-state index contributed by atoms with van der Waals surface area (Å²) in [6.45, 7) is 10.1. The van der Waals surface area contributed by atoms with Gasteiger partial charge in [0.15, 0.2) is 0 Å². The van der Waals surface area contributed by atoms with Crippen molar-refractivity contribution in [2.24, 2.45) is 5.41 Å². The van der Waals surface area contributed by atoms with Crippen LogP contribution in [0.25, 0.3) is 5.57 Å². The Labute approximate surface area is 170 Å². The molecule has 1 fully saturated rings. The Bertz CT molecular complexity index is 781. The van der Waals surface area contributed by atoms with E-state index in [4.69, 9.17) is 4.42 Å². The van der Waals surface area contributed by atoms with E-state index in [0.29, 0.717) is 5.41 Å². The second kappa shape index (κ2) is 8.57. The number of allylic oxidation sites excluding steroid dienone is 2. The lowest BCUT2D eigenvalue weighted by Gasteiger charge is -2.38. The molecule has 0 amide bonds. The molecule has 2 heterocycles. The molecular weight excluding hydrogens is 344 g/mol. The van der Waals surface area contributed by atoms with Crippen LogP contribution < -0.4 is 4.90 Å². The van der Waals surface area contributed by atoms with Crippen molar-refractivity contribution in [1.82, 2.24) is 4.90 Å². The minimum Gasteiger partial charge on any atom is -0.472 e. The summed E-state index contributed by atoms with van der Waals surface area (Å²) in [5.41, 5.74) is 6.27. The van der Waals surface area contributed by atoms with Crippen molar-refractivity contribution in [3.63, 3.8) is 0 Å². The molecule has 28 heavy (non-hydrogen) atoms. The molecule has 2 aromatic rings. The summed E-state index contributed by atoms with van der Waals surface area (Å²) in [5, 5.41) is 0. The number of para-hydroxylation sites is 1. The normalized spacial score (nSPS) is 20.2. The summed E-state index contributed by atoms with van der Waals surface area (Å²) in [6.07, 6.45) is 12.6. The summed E-state index contributed by atoms with van der Waals surface area (Å²) in [4.78, 5) is 5.12. The van der Waals surface area contributed by atoms with Gasteiger partial charge in [0.25, 0.3) is 0 Å². The van der Waals surface area contributed by atoms with Gasteiger partial charge in [-0.1, -0.05) is 51.0 Å². The summed E-state index contributed by atoms with van der Waals surface area (Å²) in [7, 11) is 0. The monoisotopic (exact) mass is 378 g/mol. The van der Waals surface area contributed by atoms with Crippen molar-refractivity contribution in [2.75, 3.05) is 31.1 Å². The van der Waals surface area contributed by atoms with Gasteiger partial charge in [0, 0.05) is 49.5 Å². The van der Waals surface area contributed by atoms with E-state index in [2.05, 4.69) is 60.1 Å². The van der Waals surface area contributed by atoms with Crippen LogP contribution >= 0.6 is 0 Å². The number of furan rings is 1. The number of hydrogen-bond donors (Lipinski definition) is 0.